The van der Waals surface area contributed by atoms with E-state index >= 15 is 0 Å². The van der Waals surface area contributed by atoms with Crippen LogP contribution in [0.1, 0.15) is 123 Å². The van der Waals surface area contributed by atoms with Crippen molar-refractivity contribution in [2.75, 3.05) is 6.61 Å². The van der Waals surface area contributed by atoms with E-state index in [1.807, 2.05) is 0 Å². The van der Waals surface area contributed by atoms with Crippen LogP contribution in [-0.2, 0) is 19.6 Å². The van der Waals surface area contributed by atoms with Gasteiger partial charge in [0.05, 0.1) is 6.61 Å². The number of carbonyl (C=O) groups is 1. The third-order valence-electron chi connectivity index (χ3n) is 5.17. The van der Waals surface area contributed by atoms with Gasteiger partial charge in [0.2, 0.25) is 0 Å². The summed E-state index contributed by atoms with van der Waals surface area (Å²) in [6, 6.07) is 0. The Balaban J connectivity index is 0. The molecule has 0 spiro atoms. The largest absolute Gasteiger partial charge is 1.00 e. The van der Waals surface area contributed by atoms with Crippen LogP contribution in [0.4, 0.5) is 0 Å². The maximum absolute atomic E-state index is 12.0. The maximum Gasteiger partial charge on any atom is 1.00 e. The van der Waals surface area contributed by atoms with Crippen LogP contribution in [-0.4, -0.2) is 30.8 Å². The van der Waals surface area contributed by atoms with Gasteiger partial charge in [0, 0.05) is 0 Å². The minimum absolute atomic E-state index is 0. The molecule has 0 aromatic heterocycles. The van der Waals surface area contributed by atoms with Crippen LogP contribution in [0.25, 0.3) is 0 Å². The summed E-state index contributed by atoms with van der Waals surface area (Å²) in [5, 5.41) is -1.54. The number of rotatable bonds is 20. The fourth-order valence-electron chi connectivity index (χ4n) is 3.35. The smallest absolute Gasteiger partial charge is 0.747 e. The molecule has 0 amide bonds. The molecule has 0 aliphatic rings. The molecule has 0 saturated carbocycles. The Labute approximate surface area is 202 Å². The molecule has 0 radical (unpaired) electrons. The van der Waals surface area contributed by atoms with Gasteiger partial charge in [-0.15, -0.1) is 0 Å². The predicted molar refractivity (Wildman–Crippen MR) is 114 cm³/mol. The first-order valence-corrected chi connectivity index (χ1v) is 13.0. The maximum atomic E-state index is 12.0. The van der Waals surface area contributed by atoms with Gasteiger partial charge >= 0.3 is 35.5 Å². The fourth-order valence-corrected chi connectivity index (χ4v) is 4.10. The van der Waals surface area contributed by atoms with Crippen LogP contribution in [0.2, 0.25) is 0 Å². The minimum Gasteiger partial charge on any atom is -0.747 e. The zero-order valence-corrected chi connectivity index (χ0v) is 22.1. The molecule has 0 aromatic carbocycles. The van der Waals surface area contributed by atoms with E-state index in [1.165, 1.54) is 57.8 Å². The van der Waals surface area contributed by atoms with Crippen LogP contribution >= 0.6 is 0 Å². The Morgan fingerprint density at radius 1 is 0.724 bits per heavy atom. The van der Waals surface area contributed by atoms with E-state index < -0.39 is 21.3 Å². The van der Waals surface area contributed by atoms with Gasteiger partial charge < -0.3 is 9.29 Å². The van der Waals surface area contributed by atoms with Crippen LogP contribution in [0.15, 0.2) is 0 Å². The first kappa shape index (κ1) is 31.6. The van der Waals surface area contributed by atoms with Gasteiger partial charge in [0.15, 0.2) is 0 Å². The number of unbranched alkanes of at least 4 members (excludes halogenated alkanes) is 14. The Bertz CT molecular complexity index is 468. The average molecular weight is 443 g/mol. The standard InChI is InChI=1S/C22H44O5S.Na/c1-3-5-7-9-11-12-13-14-15-17-19-21(28(24,25)26)22(23)27-20-18-16-10-8-6-4-2;/h21H,3-20H2,1-2H3,(H,24,25,26);/q;+1/p-1. The molecule has 0 bridgehead atoms. The van der Waals surface area contributed by atoms with Crippen molar-refractivity contribution in [2.45, 2.75) is 128 Å². The van der Waals surface area contributed by atoms with Gasteiger partial charge in [0.25, 0.3) is 0 Å². The molecule has 0 heterocycles. The van der Waals surface area contributed by atoms with E-state index in [9.17, 15) is 17.8 Å². The average Bonchev–Trinajstić information content (AvgIpc) is 2.64. The van der Waals surface area contributed by atoms with Crippen LogP contribution < -0.4 is 29.6 Å². The summed E-state index contributed by atoms with van der Waals surface area (Å²) < 4.78 is 39.3. The summed E-state index contributed by atoms with van der Waals surface area (Å²) in [5.74, 6) is -0.862. The van der Waals surface area contributed by atoms with Crippen LogP contribution in [0, 0.1) is 0 Å². The van der Waals surface area contributed by atoms with E-state index in [-0.39, 0.29) is 42.6 Å². The molecule has 0 aliphatic heterocycles. The number of hydrogen-bond acceptors (Lipinski definition) is 5. The molecule has 0 aromatic rings. The zero-order chi connectivity index (χ0) is 21.1. The Hall–Kier alpha value is 0.380. The summed E-state index contributed by atoms with van der Waals surface area (Å²) in [6.07, 6.45) is 17.6. The molecule has 0 saturated heterocycles. The van der Waals surface area contributed by atoms with Crippen molar-refractivity contribution in [3.8, 4) is 0 Å². The van der Waals surface area contributed by atoms with Crippen molar-refractivity contribution < 1.29 is 52.1 Å². The van der Waals surface area contributed by atoms with Gasteiger partial charge in [-0.1, -0.05) is 110 Å². The molecule has 1 unspecified atom stereocenters. The third-order valence-corrected chi connectivity index (χ3v) is 6.30. The molecule has 0 rings (SSSR count). The molecule has 0 N–H and O–H groups in total. The number of esters is 1. The van der Waals surface area contributed by atoms with E-state index in [0.717, 1.165) is 38.5 Å². The van der Waals surface area contributed by atoms with Crippen molar-refractivity contribution in [3.05, 3.63) is 0 Å². The number of carbonyl (C=O) groups excluding carboxylic acids is 1. The van der Waals surface area contributed by atoms with Crippen molar-refractivity contribution in [2.24, 2.45) is 0 Å². The second kappa shape index (κ2) is 21.6. The quantitative estimate of drug-likeness (QED) is 0.125. The van der Waals surface area contributed by atoms with Crippen LogP contribution in [0.5, 0.6) is 0 Å². The molecule has 1 atom stereocenters. The summed E-state index contributed by atoms with van der Waals surface area (Å²) >= 11 is 0. The summed E-state index contributed by atoms with van der Waals surface area (Å²) in [7, 11) is -4.65. The molecule has 29 heavy (non-hydrogen) atoms. The molecule has 5 nitrogen and oxygen atoms in total. The van der Waals surface area contributed by atoms with Gasteiger partial charge in [-0.2, -0.15) is 0 Å². The van der Waals surface area contributed by atoms with Gasteiger partial charge in [-0.25, -0.2) is 8.42 Å². The Morgan fingerprint density at radius 2 is 1.10 bits per heavy atom. The first-order chi connectivity index (χ1) is 13.4. The van der Waals surface area contributed by atoms with E-state index in [0.29, 0.717) is 6.42 Å². The Kier molecular flexibility index (Phi) is 23.5. The molecular formula is C22H43NaO5S. The molecule has 7 heteroatoms. The second-order valence-corrected chi connectivity index (χ2v) is 9.44. The van der Waals surface area contributed by atoms with Gasteiger partial charge in [0.1, 0.15) is 15.4 Å². The van der Waals surface area contributed by atoms with Gasteiger partial charge in [-0.3, -0.25) is 4.79 Å². The SMILES string of the molecule is CCCCCCCCCCCCC(C(=O)OCCCCCCCC)S(=O)(=O)[O-].[Na+]. The normalized spacial score (nSPS) is 12.4. The fraction of sp³-hybridized carbons (Fsp3) is 0.955. The number of hydrogen-bond donors (Lipinski definition) is 0. The first-order valence-electron chi connectivity index (χ1n) is 11.5. The molecule has 0 fully saturated rings. The monoisotopic (exact) mass is 442 g/mol. The van der Waals surface area contributed by atoms with E-state index in [4.69, 9.17) is 4.74 Å². The Morgan fingerprint density at radius 3 is 1.52 bits per heavy atom. The van der Waals surface area contributed by atoms with Crippen molar-refractivity contribution in [3.63, 3.8) is 0 Å². The van der Waals surface area contributed by atoms with Crippen molar-refractivity contribution in [1.82, 2.24) is 0 Å². The molecular weight excluding hydrogens is 399 g/mol. The number of ether oxygens (including phenoxy) is 1. The second-order valence-electron chi connectivity index (χ2n) is 7.89. The van der Waals surface area contributed by atoms with Crippen LogP contribution in [0.3, 0.4) is 0 Å². The topological polar surface area (TPSA) is 83.5 Å². The molecule has 168 valence electrons. The summed E-state index contributed by atoms with van der Waals surface area (Å²) in [5.41, 5.74) is 0. The summed E-state index contributed by atoms with van der Waals surface area (Å²) in [6.45, 7) is 4.56. The van der Waals surface area contributed by atoms with E-state index in [2.05, 4.69) is 13.8 Å². The third kappa shape index (κ3) is 20.1. The predicted octanol–water partition coefficient (Wildman–Crippen LogP) is 3.12. The van der Waals surface area contributed by atoms with Crippen molar-refractivity contribution in [1.29, 1.82) is 0 Å². The van der Waals surface area contributed by atoms with Crippen molar-refractivity contribution >= 4 is 16.1 Å². The van der Waals surface area contributed by atoms with Gasteiger partial charge in [-0.05, 0) is 12.8 Å². The molecule has 0 aliphatic carbocycles. The zero-order valence-electron chi connectivity index (χ0n) is 19.3. The minimum atomic E-state index is -4.65. The van der Waals surface area contributed by atoms with E-state index in [1.54, 1.807) is 0 Å². The summed E-state index contributed by atoms with van der Waals surface area (Å²) in [4.78, 5) is 12.0.